The molecule has 0 saturated carbocycles. The van der Waals surface area contributed by atoms with Gasteiger partial charge in [0.15, 0.2) is 0 Å². The van der Waals surface area contributed by atoms with Gasteiger partial charge < -0.3 is 29.8 Å². The molecule has 1 aliphatic rings. The molecule has 2 aromatic heterocycles. The maximum Gasteiger partial charge on any atom is 0.270 e. The summed E-state index contributed by atoms with van der Waals surface area (Å²) in [7, 11) is 2.11. The number of pyridine rings is 1. The second-order valence-electron chi connectivity index (χ2n) is 9.95. The van der Waals surface area contributed by atoms with Gasteiger partial charge in [0.05, 0.1) is 19.3 Å². The predicted molar refractivity (Wildman–Crippen MR) is 147 cm³/mol. The minimum atomic E-state index is -0.852. The Morgan fingerprint density at radius 2 is 2.05 bits per heavy atom. The molecule has 9 heteroatoms. The van der Waals surface area contributed by atoms with Crippen LogP contribution in [0.15, 0.2) is 60.7 Å². The molecule has 0 bridgehead atoms. The minimum absolute atomic E-state index is 0.134. The molecule has 204 valence electrons. The van der Waals surface area contributed by atoms with Crippen LogP contribution >= 0.6 is 0 Å². The Balaban J connectivity index is 1.31. The summed E-state index contributed by atoms with van der Waals surface area (Å²) in [5, 5.41) is 14.4. The number of phenols is 1. The van der Waals surface area contributed by atoms with Gasteiger partial charge in [0.2, 0.25) is 0 Å². The first-order chi connectivity index (χ1) is 18.9. The number of likely N-dealkylation sites (N-methyl/N-ethyl adjacent to an activating group) is 1. The molecular weight excluding hydrogens is 499 g/mol. The minimum Gasteiger partial charge on any atom is -0.508 e. The summed E-state index contributed by atoms with van der Waals surface area (Å²) in [6.07, 6.45) is 2.34. The quantitative estimate of drug-likeness (QED) is 0.256. The van der Waals surface area contributed by atoms with Crippen molar-refractivity contribution < 1.29 is 23.8 Å². The smallest absolute Gasteiger partial charge is 0.270 e. The molecule has 1 aliphatic heterocycles. The van der Waals surface area contributed by atoms with Crippen LogP contribution in [0.25, 0.3) is 10.9 Å². The normalized spacial score (nSPS) is 16.4. The van der Waals surface area contributed by atoms with Crippen molar-refractivity contribution in [2.45, 2.75) is 31.8 Å². The fourth-order valence-corrected chi connectivity index (χ4v) is 5.00. The van der Waals surface area contributed by atoms with Crippen molar-refractivity contribution in [2.24, 2.45) is 0 Å². The Kier molecular flexibility index (Phi) is 8.09. The number of carbonyl (C=O) groups excluding carboxylic acids is 1. The van der Waals surface area contributed by atoms with Crippen molar-refractivity contribution >= 4 is 16.8 Å². The lowest BCUT2D eigenvalue weighted by Crippen LogP contribution is -2.30. The summed E-state index contributed by atoms with van der Waals surface area (Å²) in [6, 6.07) is 16.1. The third kappa shape index (κ3) is 6.38. The number of nitrogens with zero attached hydrogens (tertiary/aromatic N) is 2. The summed E-state index contributed by atoms with van der Waals surface area (Å²) in [5.74, 6) is -0.643. The van der Waals surface area contributed by atoms with Crippen molar-refractivity contribution in [1.29, 1.82) is 0 Å². The largest absolute Gasteiger partial charge is 0.508 e. The van der Waals surface area contributed by atoms with E-state index in [-0.39, 0.29) is 17.0 Å². The van der Waals surface area contributed by atoms with E-state index in [0.717, 1.165) is 23.9 Å². The molecule has 2 unspecified atom stereocenters. The molecule has 39 heavy (non-hydrogen) atoms. The van der Waals surface area contributed by atoms with E-state index in [1.165, 1.54) is 24.6 Å². The van der Waals surface area contributed by atoms with Crippen molar-refractivity contribution in [1.82, 2.24) is 20.2 Å². The number of fused-ring (bicyclic) bond motifs is 1. The van der Waals surface area contributed by atoms with Crippen LogP contribution in [0.3, 0.4) is 0 Å². The Bertz CT molecular complexity index is 1420. The zero-order valence-electron chi connectivity index (χ0n) is 22.1. The number of nitrogens with one attached hydrogen (secondary N) is 2. The summed E-state index contributed by atoms with van der Waals surface area (Å²) in [5.41, 5.74) is 2.44. The number of carbonyl (C=O) groups is 1. The average Bonchev–Trinajstić information content (AvgIpc) is 3.54. The van der Waals surface area contributed by atoms with Crippen LogP contribution in [0.4, 0.5) is 4.39 Å². The molecule has 3 heterocycles. The van der Waals surface area contributed by atoms with Gasteiger partial charge in [-0.25, -0.2) is 9.37 Å². The highest BCUT2D eigenvalue weighted by Gasteiger charge is 2.24. The van der Waals surface area contributed by atoms with E-state index < -0.39 is 17.8 Å². The summed E-state index contributed by atoms with van der Waals surface area (Å²) in [4.78, 5) is 23.4. The van der Waals surface area contributed by atoms with Crippen LogP contribution in [0.5, 0.6) is 11.5 Å². The number of benzene rings is 2. The summed E-state index contributed by atoms with van der Waals surface area (Å²) in [6.45, 7) is 4.34. The van der Waals surface area contributed by atoms with Gasteiger partial charge in [0, 0.05) is 40.6 Å². The van der Waals surface area contributed by atoms with E-state index in [4.69, 9.17) is 9.47 Å². The lowest BCUT2D eigenvalue weighted by atomic mass is 10.0. The molecule has 2 aromatic carbocycles. The van der Waals surface area contributed by atoms with Gasteiger partial charge in [-0.1, -0.05) is 18.2 Å². The lowest BCUT2D eigenvalue weighted by molar-refractivity contribution is 0.0646. The highest BCUT2D eigenvalue weighted by molar-refractivity contribution is 5.93. The fraction of sp³-hybridized carbons (Fsp3) is 0.333. The molecule has 0 aliphatic carbocycles. The van der Waals surface area contributed by atoms with Crippen molar-refractivity contribution in [3.8, 4) is 11.5 Å². The van der Waals surface area contributed by atoms with E-state index in [0.29, 0.717) is 43.0 Å². The van der Waals surface area contributed by atoms with E-state index in [1.807, 2.05) is 30.3 Å². The van der Waals surface area contributed by atoms with Gasteiger partial charge in [0.1, 0.15) is 29.6 Å². The van der Waals surface area contributed by atoms with Crippen LogP contribution in [0, 0.1) is 12.7 Å². The molecule has 2 atom stereocenters. The molecule has 4 aromatic rings. The predicted octanol–water partition coefficient (Wildman–Crippen LogP) is 4.73. The number of ether oxygens (including phenoxy) is 2. The molecule has 0 spiro atoms. The summed E-state index contributed by atoms with van der Waals surface area (Å²) >= 11 is 0. The number of halogens is 1. The number of aryl methyl sites for hydroxylation is 1. The Morgan fingerprint density at radius 3 is 2.85 bits per heavy atom. The molecule has 1 amide bonds. The highest BCUT2D eigenvalue weighted by Crippen LogP contribution is 2.32. The fourth-order valence-electron chi connectivity index (χ4n) is 5.00. The molecule has 8 nitrogen and oxygen atoms in total. The van der Waals surface area contributed by atoms with Crippen molar-refractivity contribution in [3.05, 3.63) is 89.1 Å². The molecule has 1 saturated heterocycles. The zero-order chi connectivity index (χ0) is 27.4. The van der Waals surface area contributed by atoms with Crippen LogP contribution in [0.2, 0.25) is 0 Å². The second kappa shape index (κ2) is 11.8. The van der Waals surface area contributed by atoms with E-state index in [9.17, 15) is 14.3 Å². The molecule has 0 radical (unpaired) electrons. The SMILES string of the molecule is Cc1cc(OCCOCC2CCCN2C)cc(C(=O)NC(c2cc3ccccc3[nH]2)c2cc(F)ccc2O)n1. The van der Waals surface area contributed by atoms with Crippen LogP contribution in [0.1, 0.15) is 46.3 Å². The summed E-state index contributed by atoms with van der Waals surface area (Å²) < 4.78 is 25.9. The number of aromatic nitrogens is 2. The number of aromatic amines is 1. The van der Waals surface area contributed by atoms with Gasteiger partial charge in [-0.3, -0.25) is 4.79 Å². The lowest BCUT2D eigenvalue weighted by Gasteiger charge is -2.20. The van der Waals surface area contributed by atoms with Gasteiger partial charge >= 0.3 is 0 Å². The third-order valence-corrected chi connectivity index (χ3v) is 7.08. The van der Waals surface area contributed by atoms with Crippen molar-refractivity contribution in [2.75, 3.05) is 33.4 Å². The van der Waals surface area contributed by atoms with E-state index >= 15 is 0 Å². The topological polar surface area (TPSA) is 99.7 Å². The number of para-hydroxylation sites is 1. The first-order valence-electron chi connectivity index (χ1n) is 13.1. The van der Waals surface area contributed by atoms with Gasteiger partial charge in [-0.2, -0.15) is 0 Å². The number of amides is 1. The Labute approximate surface area is 226 Å². The number of aromatic hydroxyl groups is 1. The number of hydrogen-bond donors (Lipinski definition) is 3. The monoisotopic (exact) mass is 532 g/mol. The van der Waals surface area contributed by atoms with Gasteiger partial charge in [0.25, 0.3) is 5.91 Å². The maximum atomic E-state index is 14.2. The number of H-pyrrole nitrogens is 1. The molecular formula is C30H33FN4O4. The van der Waals surface area contributed by atoms with Crippen LogP contribution < -0.4 is 10.1 Å². The van der Waals surface area contributed by atoms with E-state index in [1.54, 1.807) is 19.1 Å². The number of hydrogen-bond acceptors (Lipinski definition) is 6. The third-order valence-electron chi connectivity index (χ3n) is 7.08. The molecule has 3 N–H and O–H groups in total. The van der Waals surface area contributed by atoms with Gasteiger partial charge in [-0.15, -0.1) is 0 Å². The van der Waals surface area contributed by atoms with Crippen LogP contribution in [-0.4, -0.2) is 65.3 Å². The standard InChI is InChI=1S/C30H33FN4O4/c1-19-14-23(39-13-12-38-18-22-7-5-11-35(22)2)17-27(32-19)30(37)34-29(24-16-21(31)9-10-28(24)36)26-15-20-6-3-4-8-25(20)33-26/h3-4,6,8-10,14-17,22,29,33,36H,5,7,11-13,18H2,1-2H3,(H,34,37). The average molecular weight is 533 g/mol. The number of phenolic OH excluding ortho intramolecular Hbond substituents is 1. The Hall–Kier alpha value is -3.95. The highest BCUT2D eigenvalue weighted by atomic mass is 19.1. The van der Waals surface area contributed by atoms with Crippen molar-refractivity contribution in [3.63, 3.8) is 0 Å². The first-order valence-corrected chi connectivity index (χ1v) is 13.1. The van der Waals surface area contributed by atoms with Gasteiger partial charge in [-0.05, 0) is 69.1 Å². The second-order valence-corrected chi connectivity index (χ2v) is 9.95. The Morgan fingerprint density at radius 1 is 1.21 bits per heavy atom. The number of likely N-dealkylation sites (tertiary alicyclic amines) is 1. The van der Waals surface area contributed by atoms with Crippen LogP contribution in [-0.2, 0) is 4.74 Å². The molecule has 1 fully saturated rings. The maximum absolute atomic E-state index is 14.2. The van der Waals surface area contributed by atoms with E-state index in [2.05, 4.69) is 27.2 Å². The first kappa shape index (κ1) is 26.6. The zero-order valence-corrected chi connectivity index (χ0v) is 22.1. The molecule has 5 rings (SSSR count). The number of rotatable bonds is 10.